The Balaban J connectivity index is 1.91. The molecule has 1 fully saturated rings. The van der Waals surface area contributed by atoms with Crippen LogP contribution in [0.3, 0.4) is 0 Å². The van der Waals surface area contributed by atoms with E-state index in [9.17, 15) is 0 Å². The lowest BCUT2D eigenvalue weighted by molar-refractivity contribution is 0.0607. The smallest absolute Gasteiger partial charge is 0.203 e. The molecule has 0 bridgehead atoms. The van der Waals surface area contributed by atoms with E-state index in [-0.39, 0.29) is 6.10 Å². The van der Waals surface area contributed by atoms with Crippen molar-refractivity contribution >= 4 is 5.95 Å². The summed E-state index contributed by atoms with van der Waals surface area (Å²) >= 11 is 0. The topological polar surface area (TPSA) is 42.3 Å². The van der Waals surface area contributed by atoms with Crippen molar-refractivity contribution in [3.63, 3.8) is 0 Å². The van der Waals surface area contributed by atoms with Gasteiger partial charge in [0.2, 0.25) is 5.95 Å². The molecule has 120 valence electrons. The van der Waals surface area contributed by atoms with E-state index in [2.05, 4.69) is 33.7 Å². The van der Waals surface area contributed by atoms with Crippen LogP contribution < -0.4 is 5.32 Å². The minimum Gasteiger partial charge on any atom is -0.378 e. The second kappa shape index (κ2) is 8.39. The fraction of sp³-hybridized carbons (Fsp3) is 0.812. The molecule has 5 heteroatoms. The first-order chi connectivity index (χ1) is 10.2. The van der Waals surface area contributed by atoms with Crippen molar-refractivity contribution in [2.75, 3.05) is 32.6 Å². The molecule has 0 radical (unpaired) electrons. The van der Waals surface area contributed by atoms with Crippen molar-refractivity contribution in [3.8, 4) is 0 Å². The van der Waals surface area contributed by atoms with Crippen molar-refractivity contribution < 1.29 is 4.74 Å². The quantitative estimate of drug-likeness (QED) is 0.800. The number of nitrogens with one attached hydrogen (secondary N) is 1. The van der Waals surface area contributed by atoms with E-state index in [4.69, 9.17) is 4.74 Å². The molecule has 0 aliphatic heterocycles. The summed E-state index contributed by atoms with van der Waals surface area (Å²) in [5.41, 5.74) is 0. The molecule has 0 saturated heterocycles. The van der Waals surface area contributed by atoms with E-state index >= 15 is 0 Å². The predicted octanol–water partition coefficient (Wildman–Crippen LogP) is 2.59. The zero-order valence-corrected chi connectivity index (χ0v) is 13.7. The summed E-state index contributed by atoms with van der Waals surface area (Å²) in [7, 11) is 3.92. The van der Waals surface area contributed by atoms with E-state index in [1.807, 2.05) is 12.4 Å². The minimum absolute atomic E-state index is 0.191. The number of hydrogen-bond donors (Lipinski definition) is 1. The highest BCUT2D eigenvalue weighted by atomic mass is 16.5. The first-order valence-corrected chi connectivity index (χ1v) is 8.22. The zero-order chi connectivity index (χ0) is 15.1. The fourth-order valence-corrected chi connectivity index (χ4v) is 2.93. The molecular formula is C16H30N4O. The summed E-state index contributed by atoms with van der Waals surface area (Å²) in [6, 6.07) is 0.583. The Morgan fingerprint density at radius 1 is 1.43 bits per heavy atom. The van der Waals surface area contributed by atoms with Gasteiger partial charge in [-0.3, -0.25) is 0 Å². The van der Waals surface area contributed by atoms with Crippen LogP contribution >= 0.6 is 0 Å². The molecule has 21 heavy (non-hydrogen) atoms. The maximum Gasteiger partial charge on any atom is 0.203 e. The Morgan fingerprint density at radius 2 is 2.19 bits per heavy atom. The largest absolute Gasteiger partial charge is 0.378 e. The van der Waals surface area contributed by atoms with Crippen LogP contribution in [-0.2, 0) is 11.3 Å². The number of likely N-dealkylation sites (N-methyl/N-ethyl adjacent to an activating group) is 1. The van der Waals surface area contributed by atoms with Crippen LogP contribution in [0.1, 0.15) is 39.0 Å². The van der Waals surface area contributed by atoms with Gasteiger partial charge in [0, 0.05) is 32.1 Å². The minimum atomic E-state index is 0.191. The highest BCUT2D eigenvalue weighted by molar-refractivity contribution is 5.27. The van der Waals surface area contributed by atoms with E-state index in [0.29, 0.717) is 6.04 Å². The van der Waals surface area contributed by atoms with Gasteiger partial charge < -0.3 is 19.5 Å². The molecule has 2 rings (SSSR count). The molecule has 1 unspecified atom stereocenters. The van der Waals surface area contributed by atoms with Crippen LogP contribution in [0.15, 0.2) is 12.4 Å². The number of imidazole rings is 1. The molecule has 1 N–H and O–H groups in total. The third-order valence-electron chi connectivity index (χ3n) is 4.44. The molecule has 1 atom stereocenters. The lowest BCUT2D eigenvalue weighted by Crippen LogP contribution is -2.34. The average Bonchev–Trinajstić information content (AvgIpc) is 2.94. The Hall–Kier alpha value is -1.07. The third kappa shape index (κ3) is 5.00. The van der Waals surface area contributed by atoms with E-state index in [1.165, 1.54) is 32.1 Å². The zero-order valence-electron chi connectivity index (χ0n) is 13.7. The predicted molar refractivity (Wildman–Crippen MR) is 86.7 cm³/mol. The van der Waals surface area contributed by atoms with Crippen LogP contribution in [0.25, 0.3) is 0 Å². The van der Waals surface area contributed by atoms with Gasteiger partial charge in [-0.15, -0.1) is 0 Å². The molecule has 1 aliphatic rings. The molecule has 1 aliphatic carbocycles. The summed E-state index contributed by atoms with van der Waals surface area (Å²) in [5.74, 6) is 0.989. The highest BCUT2D eigenvalue weighted by Crippen LogP contribution is 2.21. The molecule has 0 spiro atoms. The number of methoxy groups -OCH3 is 1. The third-order valence-corrected chi connectivity index (χ3v) is 4.44. The van der Waals surface area contributed by atoms with Gasteiger partial charge in [-0.25, -0.2) is 4.98 Å². The number of aromatic nitrogens is 2. The molecule has 0 aromatic carbocycles. The van der Waals surface area contributed by atoms with Gasteiger partial charge in [-0.1, -0.05) is 26.2 Å². The number of nitrogens with zero attached hydrogens (tertiary/aromatic N) is 3. The van der Waals surface area contributed by atoms with Crippen molar-refractivity contribution in [1.29, 1.82) is 0 Å². The van der Waals surface area contributed by atoms with Gasteiger partial charge in [0.25, 0.3) is 0 Å². The van der Waals surface area contributed by atoms with Crippen LogP contribution in [0.2, 0.25) is 0 Å². The summed E-state index contributed by atoms with van der Waals surface area (Å²) in [6.07, 6.45) is 10.7. The van der Waals surface area contributed by atoms with Gasteiger partial charge in [0.05, 0.1) is 12.6 Å². The first-order valence-electron chi connectivity index (χ1n) is 8.22. The Morgan fingerprint density at radius 3 is 2.86 bits per heavy atom. The summed E-state index contributed by atoms with van der Waals surface area (Å²) < 4.78 is 7.81. The molecule has 5 nitrogen and oxygen atoms in total. The molecule has 0 amide bonds. The maximum atomic E-state index is 5.62. The van der Waals surface area contributed by atoms with Crippen LogP contribution in [0.5, 0.6) is 0 Å². The van der Waals surface area contributed by atoms with Gasteiger partial charge in [-0.2, -0.15) is 0 Å². The lowest BCUT2D eigenvalue weighted by atomic mass is 9.96. The van der Waals surface area contributed by atoms with Crippen molar-refractivity contribution in [2.24, 2.45) is 0 Å². The fourth-order valence-electron chi connectivity index (χ4n) is 2.93. The average molecular weight is 294 g/mol. The maximum absolute atomic E-state index is 5.62. The summed E-state index contributed by atoms with van der Waals surface area (Å²) in [4.78, 5) is 6.76. The Bertz CT molecular complexity index is 401. The van der Waals surface area contributed by atoms with Crippen LogP contribution in [0.4, 0.5) is 5.95 Å². The molecule has 1 saturated carbocycles. The van der Waals surface area contributed by atoms with Crippen molar-refractivity contribution in [2.45, 2.75) is 57.7 Å². The van der Waals surface area contributed by atoms with Gasteiger partial charge in [0.1, 0.15) is 0 Å². The number of rotatable bonds is 8. The van der Waals surface area contributed by atoms with Gasteiger partial charge in [0.15, 0.2) is 0 Å². The van der Waals surface area contributed by atoms with Gasteiger partial charge >= 0.3 is 0 Å². The Labute approximate surface area is 128 Å². The molecule has 1 aromatic heterocycles. The second-order valence-electron chi connectivity index (χ2n) is 6.10. The number of ether oxygens (including phenoxy) is 1. The van der Waals surface area contributed by atoms with Crippen molar-refractivity contribution in [1.82, 2.24) is 14.5 Å². The monoisotopic (exact) mass is 294 g/mol. The standard InChI is InChI=1S/C16H30N4O/c1-4-19(2)12-15(21-3)13-20-11-10-17-16(20)18-14-8-6-5-7-9-14/h10-11,14-15H,4-9,12-13H2,1-3H3,(H,17,18). The number of anilines is 1. The summed E-state index contributed by atoms with van der Waals surface area (Å²) in [6.45, 7) is 4.99. The normalized spacial score (nSPS) is 18.1. The van der Waals surface area contributed by atoms with Crippen LogP contribution in [0, 0.1) is 0 Å². The molecular weight excluding hydrogens is 264 g/mol. The highest BCUT2D eigenvalue weighted by Gasteiger charge is 2.17. The van der Waals surface area contributed by atoms with Crippen LogP contribution in [-0.4, -0.2) is 53.8 Å². The Kier molecular flexibility index (Phi) is 6.51. The molecule has 1 heterocycles. The second-order valence-corrected chi connectivity index (χ2v) is 6.10. The van der Waals surface area contributed by atoms with E-state index in [1.54, 1.807) is 7.11 Å². The first kappa shape index (κ1) is 16.3. The SMILES string of the molecule is CCN(C)CC(Cn1ccnc1NC1CCCCC1)OC. The number of hydrogen-bond acceptors (Lipinski definition) is 4. The molecule has 1 aromatic rings. The van der Waals surface area contributed by atoms with E-state index < -0.39 is 0 Å². The summed E-state index contributed by atoms with van der Waals surface area (Å²) in [5, 5.41) is 3.61. The van der Waals surface area contributed by atoms with E-state index in [0.717, 1.165) is 25.6 Å². The lowest BCUT2D eigenvalue weighted by Gasteiger charge is -2.26. The van der Waals surface area contributed by atoms with Gasteiger partial charge in [-0.05, 0) is 26.4 Å². The van der Waals surface area contributed by atoms with Crippen molar-refractivity contribution in [3.05, 3.63) is 12.4 Å².